The summed E-state index contributed by atoms with van der Waals surface area (Å²) in [6, 6.07) is 3.43. The molecule has 0 unspecified atom stereocenters. The molecule has 1 aromatic heterocycles. The summed E-state index contributed by atoms with van der Waals surface area (Å²) in [4.78, 5) is 15.3. The van der Waals surface area contributed by atoms with Gasteiger partial charge in [-0.1, -0.05) is 12.1 Å². The summed E-state index contributed by atoms with van der Waals surface area (Å²) >= 11 is 0. The molecule has 0 atom stereocenters. The Kier molecular flexibility index (Phi) is 7.52. The highest BCUT2D eigenvalue weighted by molar-refractivity contribution is 5.93. The predicted molar refractivity (Wildman–Crippen MR) is 98.8 cm³/mol. The summed E-state index contributed by atoms with van der Waals surface area (Å²) in [7, 11) is 2.86. The van der Waals surface area contributed by atoms with Crippen LogP contribution in [0, 0.1) is 0 Å². The molecule has 6 N–H and O–H groups in total. The fourth-order valence-electron chi connectivity index (χ4n) is 3.31. The fraction of sp³-hybridized carbons (Fsp3) is 0.421. The number of carbonyl (C=O) groups is 1. The molecule has 2 aromatic rings. The highest BCUT2D eigenvalue weighted by Crippen LogP contribution is 2.36. The quantitative estimate of drug-likeness (QED) is 0.403. The van der Waals surface area contributed by atoms with Crippen LogP contribution in [0.5, 0.6) is 0 Å². The van der Waals surface area contributed by atoms with Crippen molar-refractivity contribution in [1.29, 1.82) is 0 Å². The van der Waals surface area contributed by atoms with Gasteiger partial charge in [-0.15, -0.1) is 0 Å². The molecule has 0 radical (unpaired) electrons. The van der Waals surface area contributed by atoms with E-state index >= 15 is 0 Å². The topological polar surface area (TPSA) is 138 Å². The zero-order valence-corrected chi connectivity index (χ0v) is 15.5. The molecule has 27 heavy (non-hydrogen) atoms. The van der Waals surface area contributed by atoms with Gasteiger partial charge in [-0.25, -0.2) is 4.79 Å². The van der Waals surface area contributed by atoms with Crippen LogP contribution < -0.4 is 5.73 Å². The van der Waals surface area contributed by atoms with Crippen molar-refractivity contribution in [2.24, 2.45) is 5.73 Å². The second-order valence-corrected chi connectivity index (χ2v) is 5.97. The lowest BCUT2D eigenvalue weighted by Gasteiger charge is -2.17. The molecule has 2 rings (SSSR count). The average molecular weight is 378 g/mol. The molecule has 0 amide bonds. The van der Waals surface area contributed by atoms with Crippen LogP contribution in [0.1, 0.15) is 38.4 Å². The number of nitrogens with one attached hydrogen (secondary N) is 1. The number of esters is 1. The van der Waals surface area contributed by atoms with Gasteiger partial charge in [0.25, 0.3) is 0 Å². The van der Waals surface area contributed by atoms with Gasteiger partial charge < -0.3 is 35.5 Å². The number of rotatable bonds is 9. The molecule has 148 valence electrons. The molecule has 8 heteroatoms. The highest BCUT2D eigenvalue weighted by atomic mass is 16.5. The number of nitrogens with two attached hydrogens (primary N) is 1. The standard InChI is InChI=1S/C19H26N2O6/c1-26-6-5-13-17(16(7-20)21-18(13)19(25)27-2)12-4-3-11(8-22)14(9-23)15(12)10-24/h3-4,21-24H,5-10,20H2,1-2H3. The van der Waals surface area contributed by atoms with Gasteiger partial charge in [0.15, 0.2) is 0 Å². The van der Waals surface area contributed by atoms with Gasteiger partial charge in [-0.05, 0) is 34.2 Å². The second-order valence-electron chi connectivity index (χ2n) is 5.97. The van der Waals surface area contributed by atoms with E-state index in [1.807, 2.05) is 0 Å². The predicted octanol–water partition coefficient (Wildman–Crippen LogP) is 0.593. The number of aliphatic hydroxyl groups is 3. The van der Waals surface area contributed by atoms with Gasteiger partial charge in [-0.3, -0.25) is 0 Å². The molecule has 0 spiro atoms. The lowest BCUT2D eigenvalue weighted by Crippen LogP contribution is -2.08. The van der Waals surface area contributed by atoms with Crippen LogP contribution in [-0.4, -0.2) is 47.1 Å². The maximum Gasteiger partial charge on any atom is 0.354 e. The first-order valence-corrected chi connectivity index (χ1v) is 8.55. The molecular weight excluding hydrogens is 352 g/mol. The number of aromatic amines is 1. The smallest absolute Gasteiger partial charge is 0.354 e. The first-order chi connectivity index (χ1) is 13.1. The van der Waals surface area contributed by atoms with Crippen LogP contribution in [0.25, 0.3) is 11.1 Å². The van der Waals surface area contributed by atoms with Crippen LogP contribution >= 0.6 is 0 Å². The number of hydrogen-bond donors (Lipinski definition) is 5. The van der Waals surface area contributed by atoms with Gasteiger partial charge in [0.1, 0.15) is 5.69 Å². The van der Waals surface area contributed by atoms with Gasteiger partial charge in [0.05, 0.1) is 33.5 Å². The summed E-state index contributed by atoms with van der Waals surface area (Å²) in [5, 5.41) is 29.2. The first kappa shape index (κ1) is 21.1. The molecule has 0 bridgehead atoms. The zero-order chi connectivity index (χ0) is 20.0. The Balaban J connectivity index is 2.80. The third kappa shape index (κ3) is 4.05. The summed E-state index contributed by atoms with van der Waals surface area (Å²) in [5.41, 5.74) is 10.2. The van der Waals surface area contributed by atoms with Crippen molar-refractivity contribution in [3.8, 4) is 11.1 Å². The lowest BCUT2D eigenvalue weighted by molar-refractivity contribution is 0.0593. The number of aromatic nitrogens is 1. The van der Waals surface area contributed by atoms with E-state index in [0.717, 1.165) is 0 Å². The Morgan fingerprint density at radius 3 is 2.30 bits per heavy atom. The Hall–Kier alpha value is -2.23. The Morgan fingerprint density at radius 1 is 1.07 bits per heavy atom. The molecule has 0 aliphatic rings. The average Bonchev–Trinajstić information content (AvgIpc) is 3.08. The van der Waals surface area contributed by atoms with Crippen molar-refractivity contribution in [2.45, 2.75) is 32.8 Å². The summed E-state index contributed by atoms with van der Waals surface area (Å²) in [6.07, 6.45) is 0.424. The van der Waals surface area contributed by atoms with E-state index in [-0.39, 0.29) is 32.1 Å². The van der Waals surface area contributed by atoms with E-state index in [0.29, 0.717) is 52.1 Å². The molecular formula is C19H26N2O6. The van der Waals surface area contributed by atoms with Gasteiger partial charge in [-0.2, -0.15) is 0 Å². The minimum atomic E-state index is -0.526. The molecule has 0 saturated carbocycles. The van der Waals surface area contributed by atoms with Crippen LogP contribution in [0.15, 0.2) is 12.1 Å². The van der Waals surface area contributed by atoms with E-state index < -0.39 is 5.97 Å². The zero-order valence-electron chi connectivity index (χ0n) is 15.5. The molecule has 1 heterocycles. The van der Waals surface area contributed by atoms with E-state index in [1.54, 1.807) is 19.2 Å². The van der Waals surface area contributed by atoms with Gasteiger partial charge >= 0.3 is 5.97 Å². The van der Waals surface area contributed by atoms with Crippen molar-refractivity contribution in [1.82, 2.24) is 4.98 Å². The molecule has 0 aliphatic carbocycles. The van der Waals surface area contributed by atoms with E-state index in [1.165, 1.54) is 7.11 Å². The number of aliphatic hydroxyl groups excluding tert-OH is 3. The monoisotopic (exact) mass is 378 g/mol. The highest BCUT2D eigenvalue weighted by Gasteiger charge is 2.25. The van der Waals surface area contributed by atoms with Crippen LogP contribution in [0.2, 0.25) is 0 Å². The lowest BCUT2D eigenvalue weighted by atomic mass is 9.89. The second kappa shape index (κ2) is 9.63. The van der Waals surface area contributed by atoms with Crippen LogP contribution in [-0.2, 0) is 42.3 Å². The van der Waals surface area contributed by atoms with Crippen LogP contribution in [0.3, 0.4) is 0 Å². The van der Waals surface area contributed by atoms with Crippen molar-refractivity contribution in [3.63, 3.8) is 0 Å². The number of ether oxygens (including phenoxy) is 2. The summed E-state index contributed by atoms with van der Waals surface area (Å²) in [6.45, 7) is -0.433. The summed E-state index contributed by atoms with van der Waals surface area (Å²) < 4.78 is 10.0. The maximum absolute atomic E-state index is 12.2. The summed E-state index contributed by atoms with van der Waals surface area (Å²) in [5.74, 6) is -0.526. The molecule has 0 aliphatic heterocycles. The number of hydrogen-bond acceptors (Lipinski definition) is 7. The number of H-pyrrole nitrogens is 1. The number of methoxy groups -OCH3 is 2. The minimum Gasteiger partial charge on any atom is -0.464 e. The molecule has 0 saturated heterocycles. The normalized spacial score (nSPS) is 11.0. The third-order valence-corrected chi connectivity index (χ3v) is 4.62. The Bertz CT molecular complexity index is 800. The van der Waals surface area contributed by atoms with E-state index in [2.05, 4.69) is 4.98 Å². The van der Waals surface area contributed by atoms with Crippen molar-refractivity contribution >= 4 is 5.97 Å². The number of carbonyl (C=O) groups excluding carboxylic acids is 1. The molecule has 1 aromatic carbocycles. The van der Waals surface area contributed by atoms with Crippen molar-refractivity contribution in [2.75, 3.05) is 20.8 Å². The van der Waals surface area contributed by atoms with Crippen LogP contribution in [0.4, 0.5) is 0 Å². The first-order valence-electron chi connectivity index (χ1n) is 8.55. The third-order valence-electron chi connectivity index (χ3n) is 4.62. The Morgan fingerprint density at radius 2 is 1.78 bits per heavy atom. The van der Waals surface area contributed by atoms with Crippen molar-refractivity contribution < 1.29 is 29.6 Å². The van der Waals surface area contributed by atoms with Crippen molar-refractivity contribution in [3.05, 3.63) is 45.8 Å². The van der Waals surface area contributed by atoms with Gasteiger partial charge in [0.2, 0.25) is 0 Å². The molecule has 0 fully saturated rings. The largest absolute Gasteiger partial charge is 0.464 e. The minimum absolute atomic E-state index is 0.132. The van der Waals surface area contributed by atoms with Gasteiger partial charge in [0, 0.05) is 24.9 Å². The number of benzene rings is 1. The van der Waals surface area contributed by atoms with E-state index in [9.17, 15) is 20.1 Å². The fourth-order valence-corrected chi connectivity index (χ4v) is 3.31. The molecule has 8 nitrogen and oxygen atoms in total. The van der Waals surface area contributed by atoms with E-state index in [4.69, 9.17) is 15.2 Å². The maximum atomic E-state index is 12.2. The Labute approximate surface area is 157 Å². The SMILES string of the molecule is COCCc1c(C(=O)OC)[nH]c(CN)c1-c1ccc(CO)c(CO)c1CO.